The second-order valence-electron chi connectivity index (χ2n) is 11.4. The lowest BCUT2D eigenvalue weighted by Gasteiger charge is -2.34. The number of hydrogen-bond donors (Lipinski definition) is 2. The number of fused-ring (bicyclic) bond motifs is 1. The summed E-state index contributed by atoms with van der Waals surface area (Å²) >= 11 is 0. The zero-order chi connectivity index (χ0) is 21.2. The third-order valence-corrected chi connectivity index (χ3v) is 7.97. The van der Waals surface area contributed by atoms with Crippen LogP contribution in [0.5, 0.6) is 0 Å². The highest BCUT2D eigenvalue weighted by Crippen LogP contribution is 2.51. The van der Waals surface area contributed by atoms with E-state index in [0.717, 1.165) is 29.2 Å². The molecular formula is C27H44O2. The van der Waals surface area contributed by atoms with Crippen LogP contribution in [0.15, 0.2) is 35.5 Å². The predicted molar refractivity (Wildman–Crippen MR) is 123 cm³/mol. The fourth-order valence-corrected chi connectivity index (χ4v) is 6.21. The van der Waals surface area contributed by atoms with Gasteiger partial charge in [-0.05, 0) is 86.0 Å². The summed E-state index contributed by atoms with van der Waals surface area (Å²) in [5, 5.41) is 20.2. The Hall–Kier alpha value is -0.860. The Labute approximate surface area is 179 Å². The van der Waals surface area contributed by atoms with Gasteiger partial charge in [0.25, 0.3) is 0 Å². The van der Waals surface area contributed by atoms with E-state index in [9.17, 15) is 10.2 Å². The van der Waals surface area contributed by atoms with Crippen LogP contribution >= 0.6 is 0 Å². The Morgan fingerprint density at radius 2 is 1.76 bits per heavy atom. The van der Waals surface area contributed by atoms with Crippen molar-refractivity contribution in [1.29, 1.82) is 0 Å². The van der Waals surface area contributed by atoms with E-state index >= 15 is 0 Å². The van der Waals surface area contributed by atoms with Crippen molar-refractivity contribution >= 4 is 0 Å². The topological polar surface area (TPSA) is 40.5 Å². The number of allylic oxidation sites excluding steroid dienone is 3. The van der Waals surface area contributed by atoms with Gasteiger partial charge in [-0.25, -0.2) is 0 Å². The van der Waals surface area contributed by atoms with Crippen molar-refractivity contribution < 1.29 is 10.2 Å². The zero-order valence-electron chi connectivity index (χ0n) is 19.3. The average Bonchev–Trinajstić information content (AvgIpc) is 3.08. The van der Waals surface area contributed by atoms with Gasteiger partial charge >= 0.3 is 0 Å². The van der Waals surface area contributed by atoms with E-state index in [0.29, 0.717) is 23.8 Å². The van der Waals surface area contributed by atoms with Crippen LogP contribution in [0.25, 0.3) is 0 Å². The molecule has 2 N–H and O–H groups in total. The normalized spacial score (nSPS) is 35.7. The van der Waals surface area contributed by atoms with Gasteiger partial charge in [0.05, 0.1) is 12.2 Å². The first-order chi connectivity index (χ1) is 13.7. The molecule has 0 aromatic carbocycles. The largest absolute Gasteiger partial charge is 0.388 e. The molecule has 0 amide bonds. The Kier molecular flexibility index (Phi) is 7.49. The number of rotatable bonds is 5. The predicted octanol–water partition coefficient (Wildman–Crippen LogP) is 6.59. The second kappa shape index (κ2) is 9.52. The molecule has 0 heterocycles. The molecule has 0 saturated heterocycles. The van der Waals surface area contributed by atoms with Gasteiger partial charge < -0.3 is 10.2 Å². The SMILES string of the molecule is C=C1[C@H](O)CC(=C/C=C2\CCC[C@@H]3[C@@H]([C@@H](C)CCCC(C)(C)C)CC[C@@H]23)C[C@H]1O. The van der Waals surface area contributed by atoms with E-state index in [1.807, 2.05) is 0 Å². The van der Waals surface area contributed by atoms with Crippen molar-refractivity contribution in [3.8, 4) is 0 Å². The highest BCUT2D eigenvalue weighted by atomic mass is 16.3. The highest BCUT2D eigenvalue weighted by molar-refractivity contribution is 5.28. The van der Waals surface area contributed by atoms with Crippen molar-refractivity contribution in [2.45, 2.75) is 104 Å². The number of aliphatic hydroxyl groups is 2. The fourth-order valence-electron chi connectivity index (χ4n) is 6.21. The monoisotopic (exact) mass is 400 g/mol. The van der Waals surface area contributed by atoms with E-state index in [4.69, 9.17) is 0 Å². The van der Waals surface area contributed by atoms with Crippen molar-refractivity contribution in [2.24, 2.45) is 29.1 Å². The van der Waals surface area contributed by atoms with E-state index in [1.165, 1.54) is 51.4 Å². The molecule has 3 fully saturated rings. The molecule has 3 aliphatic rings. The fraction of sp³-hybridized carbons (Fsp3) is 0.778. The van der Waals surface area contributed by atoms with Gasteiger partial charge in [0.15, 0.2) is 0 Å². The lowest BCUT2D eigenvalue weighted by Crippen LogP contribution is -2.28. The molecule has 29 heavy (non-hydrogen) atoms. The lowest BCUT2D eigenvalue weighted by molar-refractivity contribution is 0.123. The molecule has 0 aliphatic heterocycles. The Morgan fingerprint density at radius 3 is 2.41 bits per heavy atom. The molecule has 164 valence electrons. The van der Waals surface area contributed by atoms with Gasteiger partial charge in [0.2, 0.25) is 0 Å². The van der Waals surface area contributed by atoms with Gasteiger partial charge in [-0.1, -0.05) is 70.4 Å². The summed E-state index contributed by atoms with van der Waals surface area (Å²) < 4.78 is 0. The summed E-state index contributed by atoms with van der Waals surface area (Å²) in [5.74, 6) is 3.39. The third-order valence-electron chi connectivity index (χ3n) is 7.97. The van der Waals surface area contributed by atoms with Crippen molar-refractivity contribution in [3.05, 3.63) is 35.5 Å². The van der Waals surface area contributed by atoms with Gasteiger partial charge in [-0.3, -0.25) is 0 Å². The van der Waals surface area contributed by atoms with Gasteiger partial charge in [0, 0.05) is 0 Å². The first-order valence-corrected chi connectivity index (χ1v) is 12.1. The first kappa shape index (κ1) is 22.8. The lowest BCUT2D eigenvalue weighted by atomic mass is 9.71. The Morgan fingerprint density at radius 1 is 1.07 bits per heavy atom. The van der Waals surface area contributed by atoms with Crippen LogP contribution in [0.4, 0.5) is 0 Å². The molecular weight excluding hydrogens is 356 g/mol. The summed E-state index contributed by atoms with van der Waals surface area (Å²) in [6, 6.07) is 0. The van der Waals surface area contributed by atoms with E-state index < -0.39 is 12.2 Å². The highest BCUT2D eigenvalue weighted by Gasteiger charge is 2.41. The number of aliphatic hydroxyl groups excluding tert-OH is 2. The molecule has 3 aliphatic carbocycles. The molecule has 2 nitrogen and oxygen atoms in total. The Bertz CT molecular complexity index is 619. The molecule has 0 unspecified atom stereocenters. The quantitative estimate of drug-likeness (QED) is 0.511. The summed E-state index contributed by atoms with van der Waals surface area (Å²) in [7, 11) is 0. The minimum atomic E-state index is -0.590. The van der Waals surface area contributed by atoms with Gasteiger partial charge in [-0.2, -0.15) is 0 Å². The van der Waals surface area contributed by atoms with Crippen LogP contribution in [0.2, 0.25) is 0 Å². The van der Waals surface area contributed by atoms with E-state index in [1.54, 1.807) is 5.57 Å². The van der Waals surface area contributed by atoms with E-state index in [-0.39, 0.29) is 0 Å². The van der Waals surface area contributed by atoms with Gasteiger partial charge in [-0.15, -0.1) is 0 Å². The second-order valence-corrected chi connectivity index (χ2v) is 11.4. The molecule has 6 atom stereocenters. The van der Waals surface area contributed by atoms with Crippen LogP contribution in [-0.2, 0) is 0 Å². The molecule has 0 aromatic rings. The molecule has 3 rings (SSSR count). The van der Waals surface area contributed by atoms with Crippen molar-refractivity contribution in [1.82, 2.24) is 0 Å². The maximum absolute atomic E-state index is 10.1. The minimum Gasteiger partial charge on any atom is -0.388 e. The molecule has 0 radical (unpaired) electrons. The maximum atomic E-state index is 10.1. The van der Waals surface area contributed by atoms with Crippen LogP contribution in [0.1, 0.15) is 91.9 Å². The van der Waals surface area contributed by atoms with Crippen molar-refractivity contribution in [2.75, 3.05) is 0 Å². The summed E-state index contributed by atoms with van der Waals surface area (Å²) in [6.45, 7) is 13.4. The first-order valence-electron chi connectivity index (χ1n) is 12.1. The average molecular weight is 401 g/mol. The third kappa shape index (κ3) is 5.85. The summed E-state index contributed by atoms with van der Waals surface area (Å²) in [4.78, 5) is 0. The molecule has 2 heteroatoms. The summed E-state index contributed by atoms with van der Waals surface area (Å²) in [6.07, 6.45) is 15.4. The molecule has 0 aromatic heterocycles. The van der Waals surface area contributed by atoms with Crippen molar-refractivity contribution in [3.63, 3.8) is 0 Å². The minimum absolute atomic E-state index is 0.457. The zero-order valence-corrected chi connectivity index (χ0v) is 19.3. The van der Waals surface area contributed by atoms with Crippen LogP contribution in [0, 0.1) is 29.1 Å². The van der Waals surface area contributed by atoms with Crippen LogP contribution < -0.4 is 0 Å². The maximum Gasteiger partial charge on any atom is 0.0809 e. The van der Waals surface area contributed by atoms with Gasteiger partial charge in [0.1, 0.15) is 0 Å². The van der Waals surface area contributed by atoms with Crippen LogP contribution in [-0.4, -0.2) is 22.4 Å². The molecule has 0 spiro atoms. The number of hydrogen-bond acceptors (Lipinski definition) is 2. The standard InChI is InChI=1S/C27H44O2/c1-18(8-7-15-27(3,4)5)22-13-14-23-21(9-6-10-24(22)23)12-11-20-16-25(28)19(2)26(29)17-20/h11-12,18,22-26,28-29H,2,6-10,13-17H2,1,3-5H3/b21-12+/t18-,22+,23-,24+,25+,26+/m0/s1. The molecule has 3 saturated carbocycles. The van der Waals surface area contributed by atoms with Crippen LogP contribution in [0.3, 0.4) is 0 Å². The smallest absolute Gasteiger partial charge is 0.0809 e. The summed E-state index contributed by atoms with van der Waals surface area (Å²) in [5.41, 5.74) is 3.83. The Balaban J connectivity index is 1.61. The molecule has 0 bridgehead atoms. The van der Waals surface area contributed by atoms with E-state index in [2.05, 4.69) is 46.4 Å².